The Morgan fingerprint density at radius 3 is 2.81 bits per heavy atom. The summed E-state index contributed by atoms with van der Waals surface area (Å²) in [6.07, 6.45) is 0. The summed E-state index contributed by atoms with van der Waals surface area (Å²) in [6.45, 7) is 0. The van der Waals surface area contributed by atoms with E-state index in [0.717, 1.165) is 21.6 Å². The molecule has 21 heavy (non-hydrogen) atoms. The number of halogens is 2. The first kappa shape index (κ1) is 14.6. The molecule has 1 amide bonds. The molecule has 1 N–H and O–H groups in total. The maximum absolute atomic E-state index is 12.2. The molecule has 0 fully saturated rings. The number of aromatic nitrogens is 1. The van der Waals surface area contributed by atoms with Gasteiger partial charge >= 0.3 is 0 Å². The van der Waals surface area contributed by atoms with Gasteiger partial charge in [0.15, 0.2) is 5.13 Å². The molecular formula is C13H8Cl2N2O2S2. The number of ether oxygens (including phenoxy) is 1. The number of amides is 1. The van der Waals surface area contributed by atoms with Gasteiger partial charge in [-0.1, -0.05) is 40.6 Å². The minimum atomic E-state index is -0.332. The van der Waals surface area contributed by atoms with Crippen LogP contribution >= 0.6 is 45.9 Å². The first-order valence-corrected chi connectivity index (χ1v) is 8.17. The summed E-state index contributed by atoms with van der Waals surface area (Å²) >= 11 is 14.3. The van der Waals surface area contributed by atoms with Gasteiger partial charge in [-0.05, 0) is 18.2 Å². The summed E-state index contributed by atoms with van der Waals surface area (Å²) in [6, 6.07) is 7.15. The Balaban J connectivity index is 1.91. The molecular weight excluding hydrogens is 351 g/mol. The quantitative estimate of drug-likeness (QED) is 0.722. The van der Waals surface area contributed by atoms with Crippen LogP contribution in [0.3, 0.4) is 0 Å². The molecule has 3 rings (SSSR count). The molecule has 108 valence electrons. The minimum Gasteiger partial charge on any atom is -0.494 e. The topological polar surface area (TPSA) is 51.2 Å². The van der Waals surface area contributed by atoms with Crippen molar-refractivity contribution in [2.45, 2.75) is 0 Å². The Hall–Kier alpha value is -1.34. The van der Waals surface area contributed by atoms with E-state index in [2.05, 4.69) is 10.3 Å². The summed E-state index contributed by atoms with van der Waals surface area (Å²) in [5.41, 5.74) is 1.06. The van der Waals surface area contributed by atoms with E-state index in [9.17, 15) is 4.79 Å². The molecule has 2 aromatic heterocycles. The van der Waals surface area contributed by atoms with E-state index < -0.39 is 0 Å². The molecule has 8 heteroatoms. The van der Waals surface area contributed by atoms with Gasteiger partial charge in [-0.2, -0.15) is 0 Å². The fourth-order valence-corrected chi connectivity index (χ4v) is 4.14. The van der Waals surface area contributed by atoms with Gasteiger partial charge in [0, 0.05) is 0 Å². The van der Waals surface area contributed by atoms with Crippen LogP contribution in [0.15, 0.2) is 24.3 Å². The first-order valence-electron chi connectivity index (χ1n) is 5.78. The molecule has 0 spiro atoms. The van der Waals surface area contributed by atoms with Crippen molar-refractivity contribution < 1.29 is 9.53 Å². The van der Waals surface area contributed by atoms with Crippen molar-refractivity contribution in [2.75, 3.05) is 12.4 Å². The first-order chi connectivity index (χ1) is 10.1. The van der Waals surface area contributed by atoms with Crippen molar-refractivity contribution in [3.05, 3.63) is 38.5 Å². The lowest BCUT2D eigenvalue weighted by Gasteiger charge is -1.99. The number of hydrogen-bond acceptors (Lipinski definition) is 5. The average Bonchev–Trinajstić information content (AvgIpc) is 3.00. The number of hydrogen-bond donors (Lipinski definition) is 1. The Kier molecular flexibility index (Phi) is 4.03. The smallest absolute Gasteiger partial charge is 0.259 e. The number of nitrogens with one attached hydrogen (secondary N) is 1. The van der Waals surface area contributed by atoms with Crippen LogP contribution in [-0.2, 0) is 0 Å². The van der Waals surface area contributed by atoms with E-state index in [1.165, 1.54) is 17.4 Å². The molecule has 0 saturated heterocycles. The molecule has 0 aliphatic heterocycles. The van der Waals surface area contributed by atoms with Crippen molar-refractivity contribution >= 4 is 67.1 Å². The third kappa shape index (κ3) is 2.85. The average molecular weight is 359 g/mol. The number of benzene rings is 1. The second-order valence-electron chi connectivity index (χ2n) is 4.02. The fraction of sp³-hybridized carbons (Fsp3) is 0.0769. The van der Waals surface area contributed by atoms with Gasteiger partial charge in [0.2, 0.25) is 0 Å². The summed E-state index contributed by atoms with van der Waals surface area (Å²) in [5.74, 6) is 0.335. The van der Waals surface area contributed by atoms with Crippen LogP contribution in [0, 0.1) is 0 Å². The molecule has 0 atom stereocenters. The summed E-state index contributed by atoms with van der Waals surface area (Å²) in [7, 11) is 1.58. The molecule has 0 radical (unpaired) electrons. The number of methoxy groups -OCH3 is 1. The SMILES string of the molecule is COc1cccc2sc(NC(=O)c3cc(Cl)sc3Cl)nc12. The summed E-state index contributed by atoms with van der Waals surface area (Å²) in [5, 5.41) is 3.21. The van der Waals surface area contributed by atoms with E-state index >= 15 is 0 Å². The molecule has 0 saturated carbocycles. The van der Waals surface area contributed by atoms with E-state index in [1.807, 2.05) is 18.2 Å². The lowest BCUT2D eigenvalue weighted by atomic mass is 10.3. The lowest BCUT2D eigenvalue weighted by molar-refractivity contribution is 0.102. The maximum Gasteiger partial charge on any atom is 0.259 e. The Bertz CT molecular complexity index is 829. The van der Waals surface area contributed by atoms with E-state index in [1.54, 1.807) is 7.11 Å². The monoisotopic (exact) mass is 358 g/mol. The van der Waals surface area contributed by atoms with Crippen LogP contribution < -0.4 is 10.1 Å². The van der Waals surface area contributed by atoms with Crippen LogP contribution in [0.4, 0.5) is 5.13 Å². The largest absolute Gasteiger partial charge is 0.494 e. The second kappa shape index (κ2) is 5.81. The number of carbonyl (C=O) groups is 1. The van der Waals surface area contributed by atoms with Gasteiger partial charge in [-0.25, -0.2) is 4.98 Å². The zero-order valence-corrected chi connectivity index (χ0v) is 13.8. The van der Waals surface area contributed by atoms with Gasteiger partial charge in [0.1, 0.15) is 15.6 Å². The lowest BCUT2D eigenvalue weighted by Crippen LogP contribution is -2.10. The van der Waals surface area contributed by atoms with E-state index in [-0.39, 0.29) is 5.91 Å². The van der Waals surface area contributed by atoms with Gasteiger partial charge in [-0.3, -0.25) is 10.1 Å². The summed E-state index contributed by atoms with van der Waals surface area (Å²) in [4.78, 5) is 16.5. The van der Waals surface area contributed by atoms with Gasteiger partial charge < -0.3 is 4.74 Å². The molecule has 1 aromatic carbocycles. The Labute approximate surface area is 138 Å². The highest BCUT2D eigenvalue weighted by Crippen LogP contribution is 2.34. The van der Waals surface area contributed by atoms with Gasteiger partial charge in [0.25, 0.3) is 5.91 Å². The molecule has 0 aliphatic carbocycles. The molecule has 0 aliphatic rings. The predicted octanol–water partition coefficient (Wildman–Crippen LogP) is 4.93. The Morgan fingerprint density at radius 1 is 1.33 bits per heavy atom. The molecule has 3 aromatic rings. The molecule has 2 heterocycles. The predicted molar refractivity (Wildman–Crippen MR) is 88.5 cm³/mol. The number of nitrogens with zero attached hydrogens (tertiary/aromatic N) is 1. The van der Waals surface area contributed by atoms with Crippen LogP contribution in [0.25, 0.3) is 10.2 Å². The standard InChI is InChI=1S/C13H8Cl2N2O2S2/c1-19-7-3-2-4-8-10(7)16-13(20-8)17-12(18)6-5-9(14)21-11(6)15/h2-5H,1H3,(H,16,17,18). The van der Waals surface area contributed by atoms with E-state index in [4.69, 9.17) is 27.9 Å². The molecule has 4 nitrogen and oxygen atoms in total. The summed E-state index contributed by atoms with van der Waals surface area (Å²) < 4.78 is 7.00. The van der Waals surface area contributed by atoms with Crippen molar-refractivity contribution in [3.63, 3.8) is 0 Å². The van der Waals surface area contributed by atoms with Crippen LogP contribution in [0.2, 0.25) is 8.67 Å². The maximum atomic E-state index is 12.2. The van der Waals surface area contributed by atoms with Crippen LogP contribution in [-0.4, -0.2) is 18.0 Å². The zero-order valence-electron chi connectivity index (χ0n) is 10.6. The van der Waals surface area contributed by atoms with Crippen LogP contribution in [0.1, 0.15) is 10.4 Å². The van der Waals surface area contributed by atoms with E-state index in [0.29, 0.717) is 25.1 Å². The molecule has 0 unspecified atom stereocenters. The molecule has 0 bridgehead atoms. The van der Waals surface area contributed by atoms with Gasteiger partial charge in [0.05, 0.1) is 21.7 Å². The highest BCUT2D eigenvalue weighted by molar-refractivity contribution is 7.22. The van der Waals surface area contributed by atoms with Gasteiger partial charge in [-0.15, -0.1) is 11.3 Å². The third-order valence-electron chi connectivity index (χ3n) is 2.72. The van der Waals surface area contributed by atoms with Crippen molar-refractivity contribution in [2.24, 2.45) is 0 Å². The normalized spacial score (nSPS) is 10.8. The number of carbonyl (C=O) groups excluding carboxylic acids is 1. The highest BCUT2D eigenvalue weighted by atomic mass is 35.5. The number of anilines is 1. The number of para-hydroxylation sites is 1. The van der Waals surface area contributed by atoms with Crippen LogP contribution in [0.5, 0.6) is 5.75 Å². The van der Waals surface area contributed by atoms with Crippen molar-refractivity contribution in [3.8, 4) is 5.75 Å². The number of fused-ring (bicyclic) bond motifs is 1. The minimum absolute atomic E-state index is 0.332. The van der Waals surface area contributed by atoms with Crippen molar-refractivity contribution in [1.29, 1.82) is 0 Å². The second-order valence-corrected chi connectivity index (χ2v) is 7.33. The zero-order chi connectivity index (χ0) is 15.0. The number of rotatable bonds is 3. The number of thiophene rings is 1. The van der Waals surface area contributed by atoms with Crippen molar-refractivity contribution in [1.82, 2.24) is 4.98 Å². The fourth-order valence-electron chi connectivity index (χ4n) is 1.80. The highest BCUT2D eigenvalue weighted by Gasteiger charge is 2.16. The Morgan fingerprint density at radius 2 is 2.14 bits per heavy atom. The number of thiazole rings is 1. The third-order valence-corrected chi connectivity index (χ3v) is 5.15.